The van der Waals surface area contributed by atoms with E-state index in [-0.39, 0.29) is 0 Å². The average molecular weight is 403 g/mol. The lowest BCUT2D eigenvalue weighted by Crippen LogP contribution is -2.11. The van der Waals surface area contributed by atoms with Crippen molar-refractivity contribution >= 4 is 0 Å². The molecular weight excluding hydrogens is 360 g/mol. The molecule has 0 aromatic heterocycles. The first-order valence-corrected chi connectivity index (χ1v) is 13.8. The molecule has 0 aromatic rings. The second-order valence-electron chi connectivity index (χ2n) is 11.2. The standard InChI is InChI=1S/C30H42/c1-2-12-22-25-15-5-3-13-23-21(11-1)24-14-4-6-16-26(22)30-20-10-8-18-28(24)27(23)17-7-9-19-29(25)30/h21,25H,1-20H2. The Hall–Kier alpha value is -1.04. The Morgan fingerprint density at radius 1 is 0.300 bits per heavy atom. The molecule has 7 aliphatic rings. The molecule has 0 amide bonds. The smallest absolute Gasteiger partial charge is 0.00188 e. The third kappa shape index (κ3) is 3.32. The number of hydrogen-bond acceptors (Lipinski definition) is 0. The summed E-state index contributed by atoms with van der Waals surface area (Å²) in [7, 11) is 0. The summed E-state index contributed by atoms with van der Waals surface area (Å²) < 4.78 is 0. The van der Waals surface area contributed by atoms with Gasteiger partial charge in [0.1, 0.15) is 0 Å². The van der Waals surface area contributed by atoms with Gasteiger partial charge < -0.3 is 0 Å². The maximum atomic E-state index is 1.97. The van der Waals surface area contributed by atoms with Crippen LogP contribution in [0.2, 0.25) is 0 Å². The molecule has 0 heterocycles. The summed E-state index contributed by atoms with van der Waals surface area (Å²) in [6.45, 7) is 0. The van der Waals surface area contributed by atoms with Gasteiger partial charge in [-0.25, -0.2) is 0 Å². The van der Waals surface area contributed by atoms with E-state index in [1.807, 2.05) is 44.6 Å². The van der Waals surface area contributed by atoms with Crippen molar-refractivity contribution in [2.24, 2.45) is 11.8 Å². The third-order valence-electron chi connectivity index (χ3n) is 9.69. The monoisotopic (exact) mass is 402 g/mol. The van der Waals surface area contributed by atoms with Gasteiger partial charge in [0.15, 0.2) is 0 Å². The zero-order chi connectivity index (χ0) is 19.9. The van der Waals surface area contributed by atoms with Gasteiger partial charge in [0, 0.05) is 11.8 Å². The summed E-state index contributed by atoms with van der Waals surface area (Å²) in [6.07, 6.45) is 28.8. The highest BCUT2D eigenvalue weighted by atomic mass is 14.4. The Labute approximate surface area is 185 Å². The average Bonchev–Trinajstić information content (AvgIpc) is 3.12. The molecule has 0 nitrogen and oxygen atoms in total. The van der Waals surface area contributed by atoms with Crippen LogP contribution >= 0.6 is 0 Å². The van der Waals surface area contributed by atoms with Crippen LogP contribution in [0.1, 0.15) is 128 Å². The van der Waals surface area contributed by atoms with Crippen LogP contribution in [0.5, 0.6) is 0 Å². The fourth-order valence-electron chi connectivity index (χ4n) is 8.45. The number of allylic oxidation sites excluding steroid dienone is 8. The van der Waals surface area contributed by atoms with E-state index < -0.39 is 0 Å². The zero-order valence-corrected chi connectivity index (χ0v) is 19.3. The van der Waals surface area contributed by atoms with Gasteiger partial charge in [-0.3, -0.25) is 0 Å². The highest BCUT2D eigenvalue weighted by Gasteiger charge is 2.36. The van der Waals surface area contributed by atoms with Crippen molar-refractivity contribution in [1.82, 2.24) is 0 Å². The Morgan fingerprint density at radius 3 is 0.900 bits per heavy atom. The summed E-state index contributed by atoms with van der Waals surface area (Å²) in [5.41, 5.74) is 15.5. The van der Waals surface area contributed by atoms with E-state index in [0.717, 1.165) is 11.8 Å². The Balaban J connectivity index is 1.57. The van der Waals surface area contributed by atoms with E-state index in [1.165, 1.54) is 128 Å². The lowest BCUT2D eigenvalue weighted by molar-refractivity contribution is 0.484. The first-order chi connectivity index (χ1) is 14.9. The normalized spacial score (nSPS) is 32.8. The fraction of sp³-hybridized carbons (Fsp3) is 0.733. The lowest BCUT2D eigenvalue weighted by Gasteiger charge is -2.26. The molecule has 1 saturated carbocycles. The minimum absolute atomic E-state index is 0.858. The second kappa shape index (κ2) is 8.48. The van der Waals surface area contributed by atoms with Crippen molar-refractivity contribution in [3.8, 4) is 0 Å². The van der Waals surface area contributed by atoms with Crippen LogP contribution in [0.3, 0.4) is 0 Å². The molecule has 2 atom stereocenters. The molecule has 7 aliphatic carbocycles. The van der Waals surface area contributed by atoms with Gasteiger partial charge in [-0.05, 0) is 138 Å². The summed E-state index contributed by atoms with van der Waals surface area (Å²) >= 11 is 0. The van der Waals surface area contributed by atoms with Crippen LogP contribution in [-0.2, 0) is 0 Å². The van der Waals surface area contributed by atoms with Crippen LogP contribution in [0.4, 0.5) is 0 Å². The molecule has 0 aromatic carbocycles. The fourth-order valence-corrected chi connectivity index (χ4v) is 8.45. The van der Waals surface area contributed by atoms with Crippen LogP contribution in [0, 0.1) is 11.8 Å². The summed E-state index contributed by atoms with van der Waals surface area (Å²) in [5.74, 6) is 1.72. The molecule has 0 aliphatic heterocycles. The number of fused-ring (bicyclic) bond motifs is 15. The minimum atomic E-state index is 0.858. The van der Waals surface area contributed by atoms with Gasteiger partial charge in [0.05, 0.1) is 0 Å². The summed E-state index contributed by atoms with van der Waals surface area (Å²) in [6, 6.07) is 0. The van der Waals surface area contributed by atoms with Crippen molar-refractivity contribution < 1.29 is 0 Å². The van der Waals surface area contributed by atoms with Crippen molar-refractivity contribution in [3.63, 3.8) is 0 Å². The third-order valence-corrected chi connectivity index (χ3v) is 9.69. The first-order valence-electron chi connectivity index (χ1n) is 13.8. The van der Waals surface area contributed by atoms with Crippen LogP contribution in [0.15, 0.2) is 44.6 Å². The predicted octanol–water partition coefficient (Wildman–Crippen LogP) is 9.29. The van der Waals surface area contributed by atoms with Crippen molar-refractivity contribution in [1.29, 1.82) is 0 Å². The Morgan fingerprint density at radius 2 is 0.567 bits per heavy atom. The molecule has 0 radical (unpaired) electrons. The molecule has 0 saturated heterocycles. The summed E-state index contributed by atoms with van der Waals surface area (Å²) in [4.78, 5) is 0. The van der Waals surface area contributed by atoms with E-state index in [2.05, 4.69) is 0 Å². The Kier molecular flexibility index (Phi) is 5.55. The van der Waals surface area contributed by atoms with E-state index in [9.17, 15) is 0 Å². The van der Waals surface area contributed by atoms with Crippen molar-refractivity contribution in [3.05, 3.63) is 44.6 Å². The molecule has 1 fully saturated rings. The lowest BCUT2D eigenvalue weighted by atomic mass is 9.79. The molecular formula is C30H42. The molecule has 0 N–H and O–H groups in total. The van der Waals surface area contributed by atoms with Crippen LogP contribution < -0.4 is 0 Å². The second-order valence-corrected chi connectivity index (χ2v) is 11.2. The van der Waals surface area contributed by atoms with Gasteiger partial charge in [-0.1, -0.05) is 35.1 Å². The highest BCUT2D eigenvalue weighted by molar-refractivity contribution is 5.52. The van der Waals surface area contributed by atoms with E-state index >= 15 is 0 Å². The molecule has 30 heavy (non-hydrogen) atoms. The maximum Gasteiger partial charge on any atom is 0.00188 e. The van der Waals surface area contributed by atoms with Gasteiger partial charge >= 0.3 is 0 Å². The van der Waals surface area contributed by atoms with E-state index in [4.69, 9.17) is 0 Å². The van der Waals surface area contributed by atoms with Gasteiger partial charge in [0.2, 0.25) is 0 Å². The van der Waals surface area contributed by atoms with Gasteiger partial charge in [-0.15, -0.1) is 0 Å². The maximum absolute atomic E-state index is 1.97. The van der Waals surface area contributed by atoms with E-state index in [1.54, 1.807) is 0 Å². The topological polar surface area (TPSA) is 0 Å². The van der Waals surface area contributed by atoms with Gasteiger partial charge in [0.25, 0.3) is 0 Å². The SMILES string of the molecule is C1CCC2=C3CCCCC4=C5CCCCC3C3=C2CCCCC(=C4C1)C5CCCC3. The molecule has 2 unspecified atom stereocenters. The molecule has 7 rings (SSSR count). The highest BCUT2D eigenvalue weighted by Crippen LogP contribution is 2.53. The van der Waals surface area contributed by atoms with Gasteiger partial charge in [-0.2, -0.15) is 0 Å². The van der Waals surface area contributed by atoms with Crippen molar-refractivity contribution in [2.45, 2.75) is 128 Å². The first kappa shape index (κ1) is 19.6. The van der Waals surface area contributed by atoms with E-state index in [0.29, 0.717) is 0 Å². The van der Waals surface area contributed by atoms with Crippen molar-refractivity contribution in [2.75, 3.05) is 0 Å². The summed E-state index contributed by atoms with van der Waals surface area (Å²) in [5, 5.41) is 0. The van der Waals surface area contributed by atoms with Crippen LogP contribution in [-0.4, -0.2) is 0 Å². The quantitative estimate of drug-likeness (QED) is 0.378. The molecule has 10 bridgehead atoms. The predicted molar refractivity (Wildman–Crippen MR) is 127 cm³/mol. The number of rotatable bonds is 0. The molecule has 162 valence electrons. The Bertz CT molecular complexity index is 756. The number of hydrogen-bond donors (Lipinski definition) is 0. The van der Waals surface area contributed by atoms with Crippen LogP contribution in [0.25, 0.3) is 0 Å². The largest absolute Gasteiger partial charge is 0.0596 e. The molecule has 0 spiro atoms. The molecule has 0 heteroatoms. The minimum Gasteiger partial charge on any atom is -0.0596 e. The zero-order valence-electron chi connectivity index (χ0n) is 19.3.